The Kier molecular flexibility index (Phi) is 7.32. The summed E-state index contributed by atoms with van der Waals surface area (Å²) in [6.07, 6.45) is 7.37. The minimum absolute atomic E-state index is 0.100. The van der Waals surface area contributed by atoms with Gasteiger partial charge in [-0.1, -0.05) is 18.2 Å². The highest BCUT2D eigenvalue weighted by molar-refractivity contribution is 5.77. The van der Waals surface area contributed by atoms with Crippen molar-refractivity contribution in [3.63, 3.8) is 0 Å². The van der Waals surface area contributed by atoms with Crippen molar-refractivity contribution < 1.29 is 14.3 Å². The number of nitrogens with zero attached hydrogens (tertiary/aromatic N) is 2. The maximum absolute atomic E-state index is 12.3. The summed E-state index contributed by atoms with van der Waals surface area (Å²) in [6.45, 7) is 4.49. The molecule has 3 rings (SSSR count). The molecule has 0 aliphatic carbocycles. The molecule has 0 N–H and O–H groups in total. The summed E-state index contributed by atoms with van der Waals surface area (Å²) >= 11 is 0. The van der Waals surface area contributed by atoms with Crippen LogP contribution < -0.4 is 4.74 Å². The van der Waals surface area contributed by atoms with Crippen LogP contribution in [0.1, 0.15) is 44.1 Å². The second-order valence-corrected chi connectivity index (χ2v) is 7.52. The standard InChI is InChI=1S/C21H32N2O3/c1-22(16-19-10-5-8-14-25-19)15-18-9-3-4-11-20(18)26-17-21(24)23-12-6-2-7-13-23/h3-4,9,11,19H,2,5-8,10,12-17H2,1H3. The molecule has 2 heterocycles. The molecule has 1 amide bonds. The quantitative estimate of drug-likeness (QED) is 0.749. The lowest BCUT2D eigenvalue weighted by Gasteiger charge is -2.28. The number of likely N-dealkylation sites (tertiary alicyclic amines) is 1. The fraction of sp³-hybridized carbons (Fsp3) is 0.667. The van der Waals surface area contributed by atoms with E-state index in [1.54, 1.807) is 0 Å². The molecular formula is C21H32N2O3. The lowest BCUT2D eigenvalue weighted by molar-refractivity contribution is -0.134. The molecule has 1 unspecified atom stereocenters. The van der Waals surface area contributed by atoms with Crippen molar-refractivity contribution in [1.82, 2.24) is 9.80 Å². The number of para-hydroxylation sites is 1. The minimum atomic E-state index is 0.100. The van der Waals surface area contributed by atoms with Crippen LogP contribution in [-0.2, 0) is 16.1 Å². The molecule has 5 nitrogen and oxygen atoms in total. The Morgan fingerprint density at radius 3 is 2.77 bits per heavy atom. The van der Waals surface area contributed by atoms with E-state index in [0.717, 1.165) is 63.4 Å². The van der Waals surface area contributed by atoms with Gasteiger partial charge in [-0.15, -0.1) is 0 Å². The number of rotatable bonds is 7. The van der Waals surface area contributed by atoms with Crippen LogP contribution in [0.3, 0.4) is 0 Å². The summed E-state index contributed by atoms with van der Waals surface area (Å²) in [5.74, 6) is 0.915. The Balaban J connectivity index is 1.51. The van der Waals surface area contributed by atoms with Crippen molar-refractivity contribution in [3.8, 4) is 5.75 Å². The third-order valence-electron chi connectivity index (χ3n) is 5.26. The molecule has 1 atom stereocenters. The van der Waals surface area contributed by atoms with Gasteiger partial charge < -0.3 is 14.4 Å². The van der Waals surface area contributed by atoms with Crippen LogP contribution in [0, 0.1) is 0 Å². The summed E-state index contributed by atoms with van der Waals surface area (Å²) in [5.41, 5.74) is 1.12. The molecule has 0 saturated carbocycles. The molecule has 0 aromatic heterocycles. The van der Waals surface area contributed by atoms with E-state index in [4.69, 9.17) is 9.47 Å². The smallest absolute Gasteiger partial charge is 0.260 e. The van der Waals surface area contributed by atoms with E-state index in [-0.39, 0.29) is 12.5 Å². The van der Waals surface area contributed by atoms with Crippen molar-refractivity contribution in [1.29, 1.82) is 0 Å². The van der Waals surface area contributed by atoms with Crippen LogP contribution in [0.25, 0.3) is 0 Å². The van der Waals surface area contributed by atoms with E-state index in [0.29, 0.717) is 6.10 Å². The second kappa shape index (κ2) is 9.93. The van der Waals surface area contributed by atoms with Gasteiger partial charge in [-0.25, -0.2) is 0 Å². The molecule has 26 heavy (non-hydrogen) atoms. The second-order valence-electron chi connectivity index (χ2n) is 7.52. The van der Waals surface area contributed by atoms with Crippen LogP contribution in [0.15, 0.2) is 24.3 Å². The summed E-state index contributed by atoms with van der Waals surface area (Å²) in [5, 5.41) is 0. The third-order valence-corrected chi connectivity index (χ3v) is 5.26. The van der Waals surface area contributed by atoms with Gasteiger partial charge in [-0.2, -0.15) is 0 Å². The van der Waals surface area contributed by atoms with Gasteiger partial charge in [0.15, 0.2) is 6.61 Å². The average Bonchev–Trinajstić information content (AvgIpc) is 2.68. The third kappa shape index (κ3) is 5.71. The van der Waals surface area contributed by atoms with Crippen molar-refractivity contribution in [3.05, 3.63) is 29.8 Å². The Bertz CT molecular complexity index is 566. The number of carbonyl (C=O) groups excluding carboxylic acids is 1. The Labute approximate surface area is 157 Å². The first-order valence-electron chi connectivity index (χ1n) is 10.0. The van der Waals surface area contributed by atoms with E-state index >= 15 is 0 Å². The fourth-order valence-corrected chi connectivity index (χ4v) is 3.80. The Morgan fingerprint density at radius 2 is 2.00 bits per heavy atom. The van der Waals surface area contributed by atoms with Crippen molar-refractivity contribution in [2.75, 3.05) is 39.9 Å². The zero-order valence-electron chi connectivity index (χ0n) is 16.0. The molecule has 2 saturated heterocycles. The monoisotopic (exact) mass is 360 g/mol. The molecule has 2 aliphatic rings. The molecule has 2 fully saturated rings. The average molecular weight is 360 g/mol. The summed E-state index contributed by atoms with van der Waals surface area (Å²) < 4.78 is 11.7. The highest BCUT2D eigenvalue weighted by atomic mass is 16.5. The molecule has 1 aromatic rings. The van der Waals surface area contributed by atoms with Gasteiger partial charge in [0.05, 0.1) is 6.10 Å². The Hall–Kier alpha value is -1.59. The van der Waals surface area contributed by atoms with Crippen molar-refractivity contribution in [2.45, 2.75) is 51.2 Å². The van der Waals surface area contributed by atoms with Gasteiger partial charge in [-0.05, 0) is 51.6 Å². The first-order chi connectivity index (χ1) is 12.7. The van der Waals surface area contributed by atoms with Crippen LogP contribution in [-0.4, -0.2) is 61.7 Å². The topological polar surface area (TPSA) is 42.0 Å². The van der Waals surface area contributed by atoms with Crippen LogP contribution in [0.5, 0.6) is 5.75 Å². The number of amides is 1. The van der Waals surface area contributed by atoms with E-state index in [1.807, 2.05) is 23.1 Å². The Morgan fingerprint density at radius 1 is 1.19 bits per heavy atom. The summed E-state index contributed by atoms with van der Waals surface area (Å²) in [4.78, 5) is 16.6. The number of piperidine rings is 1. The molecular weight excluding hydrogens is 328 g/mol. The van der Waals surface area contributed by atoms with Crippen molar-refractivity contribution >= 4 is 5.91 Å². The van der Waals surface area contributed by atoms with Gasteiger partial charge in [0.2, 0.25) is 0 Å². The van der Waals surface area contributed by atoms with Crippen molar-refractivity contribution in [2.24, 2.45) is 0 Å². The number of hydrogen-bond acceptors (Lipinski definition) is 4. The molecule has 1 aromatic carbocycles. The number of carbonyl (C=O) groups is 1. The molecule has 5 heteroatoms. The highest BCUT2D eigenvalue weighted by Gasteiger charge is 2.19. The van der Waals surface area contributed by atoms with E-state index in [1.165, 1.54) is 19.3 Å². The van der Waals surface area contributed by atoms with Crippen LogP contribution >= 0.6 is 0 Å². The maximum Gasteiger partial charge on any atom is 0.260 e. The van der Waals surface area contributed by atoms with Crippen LogP contribution in [0.2, 0.25) is 0 Å². The number of ether oxygens (including phenoxy) is 2. The first-order valence-corrected chi connectivity index (χ1v) is 10.0. The van der Waals surface area contributed by atoms with E-state index in [9.17, 15) is 4.79 Å². The molecule has 144 valence electrons. The van der Waals surface area contributed by atoms with Crippen LogP contribution in [0.4, 0.5) is 0 Å². The summed E-state index contributed by atoms with van der Waals surface area (Å²) in [7, 11) is 2.12. The number of benzene rings is 1. The van der Waals surface area contributed by atoms with Gasteiger partial charge in [0.25, 0.3) is 5.91 Å². The molecule has 0 spiro atoms. The van der Waals surface area contributed by atoms with Gasteiger partial charge in [-0.3, -0.25) is 9.69 Å². The zero-order chi connectivity index (χ0) is 18.2. The van der Waals surface area contributed by atoms with Gasteiger partial charge >= 0.3 is 0 Å². The summed E-state index contributed by atoms with van der Waals surface area (Å²) in [6, 6.07) is 8.04. The van der Waals surface area contributed by atoms with Gasteiger partial charge in [0, 0.05) is 38.3 Å². The molecule has 0 bridgehead atoms. The number of hydrogen-bond donors (Lipinski definition) is 0. The van der Waals surface area contributed by atoms with E-state index in [2.05, 4.69) is 18.0 Å². The first kappa shape index (κ1) is 19.2. The normalized spacial score (nSPS) is 21.0. The maximum atomic E-state index is 12.3. The van der Waals surface area contributed by atoms with Gasteiger partial charge in [0.1, 0.15) is 5.75 Å². The zero-order valence-corrected chi connectivity index (χ0v) is 16.0. The largest absolute Gasteiger partial charge is 0.483 e. The lowest BCUT2D eigenvalue weighted by atomic mass is 10.1. The van der Waals surface area contributed by atoms with E-state index < -0.39 is 0 Å². The molecule has 2 aliphatic heterocycles. The fourth-order valence-electron chi connectivity index (χ4n) is 3.80. The predicted molar refractivity (Wildman–Crippen MR) is 102 cm³/mol. The number of likely N-dealkylation sites (N-methyl/N-ethyl adjacent to an activating group) is 1. The SMILES string of the molecule is CN(Cc1ccccc1OCC(=O)N1CCCCC1)CC1CCCCO1. The predicted octanol–water partition coefficient (Wildman–Crippen LogP) is 3.08. The lowest BCUT2D eigenvalue weighted by Crippen LogP contribution is -2.38. The molecule has 0 radical (unpaired) electrons. The minimum Gasteiger partial charge on any atom is -0.483 e. The highest BCUT2D eigenvalue weighted by Crippen LogP contribution is 2.21.